The van der Waals surface area contributed by atoms with Gasteiger partial charge in [-0.05, 0) is 83.6 Å². The molecule has 0 heterocycles. The summed E-state index contributed by atoms with van der Waals surface area (Å²) in [6.07, 6.45) is -9.11. The Labute approximate surface area is 293 Å². The van der Waals surface area contributed by atoms with Gasteiger partial charge in [-0.15, -0.1) is 0 Å². The van der Waals surface area contributed by atoms with E-state index in [0.29, 0.717) is 0 Å². The van der Waals surface area contributed by atoms with Gasteiger partial charge >= 0.3 is 24.4 Å². The minimum Gasteiger partial charge on any atom is -0.506 e. The normalized spacial score (nSPS) is 11.5. The molecule has 50 heavy (non-hydrogen) atoms. The maximum Gasteiger partial charge on any atom is 0.416 e. The first-order valence-electron chi connectivity index (χ1n) is 14.7. The lowest BCUT2D eigenvalue weighted by atomic mass is 10.0. The van der Waals surface area contributed by atoms with Gasteiger partial charge in [0.05, 0.1) is 43.9 Å². The van der Waals surface area contributed by atoms with Crippen LogP contribution in [0.15, 0.2) is 72.8 Å². The molecule has 0 saturated carbocycles. The fourth-order valence-corrected chi connectivity index (χ4v) is 4.50. The van der Waals surface area contributed by atoms with Crippen molar-refractivity contribution in [1.82, 2.24) is 0 Å². The molecule has 0 spiro atoms. The number of halogens is 8. The molecule has 6 N–H and O–H groups in total. The van der Waals surface area contributed by atoms with E-state index in [1.807, 2.05) is 27.7 Å². The summed E-state index contributed by atoms with van der Waals surface area (Å²) in [7, 11) is 0. The fourth-order valence-electron chi connectivity index (χ4n) is 4.17. The molecule has 4 aromatic rings. The molecular weight excluding hydrogens is 713 g/mol. The Hall–Kier alpha value is -4.82. The molecular formula is C34H32Cl2F6N4O4. The van der Waals surface area contributed by atoms with E-state index in [1.54, 1.807) is 12.1 Å². The Morgan fingerprint density at radius 1 is 0.540 bits per heavy atom. The van der Waals surface area contributed by atoms with Gasteiger partial charge in [-0.25, -0.2) is 9.59 Å². The number of anilines is 4. The van der Waals surface area contributed by atoms with Crippen molar-refractivity contribution in [1.29, 1.82) is 0 Å². The zero-order valence-electron chi connectivity index (χ0n) is 26.8. The number of hydrogen-bond acceptors (Lipinski definition) is 4. The Morgan fingerprint density at radius 2 is 0.860 bits per heavy atom. The SMILES string of the molecule is CC(C)c1ccc(NC(=O)Nc2cc(C(F)(F)F)ccc2Cl)c(O)c1.CC(C)c1ccc(NC(=O)Nc2cc(C(F)(F)F)ccc2Cl)c(O)c1. The van der Waals surface area contributed by atoms with E-state index in [4.69, 9.17) is 23.2 Å². The van der Waals surface area contributed by atoms with Crippen LogP contribution < -0.4 is 21.3 Å². The summed E-state index contributed by atoms with van der Waals surface area (Å²) in [5, 5.41) is 29.0. The minimum atomic E-state index is -4.55. The highest BCUT2D eigenvalue weighted by molar-refractivity contribution is 6.34. The summed E-state index contributed by atoms with van der Waals surface area (Å²) in [5.74, 6) is 0.100. The van der Waals surface area contributed by atoms with E-state index >= 15 is 0 Å². The third-order valence-electron chi connectivity index (χ3n) is 6.96. The first kappa shape index (κ1) is 39.6. The van der Waals surface area contributed by atoms with E-state index in [-0.39, 0.29) is 56.1 Å². The summed E-state index contributed by atoms with van der Waals surface area (Å²) < 4.78 is 76.4. The third-order valence-corrected chi connectivity index (χ3v) is 7.62. The van der Waals surface area contributed by atoms with E-state index in [9.17, 15) is 46.1 Å². The number of nitrogens with one attached hydrogen (secondary N) is 4. The molecule has 0 radical (unpaired) electrons. The van der Waals surface area contributed by atoms with Gasteiger partial charge in [0.1, 0.15) is 11.5 Å². The van der Waals surface area contributed by atoms with Crippen LogP contribution in [0, 0.1) is 0 Å². The van der Waals surface area contributed by atoms with Gasteiger partial charge < -0.3 is 31.5 Å². The number of amides is 4. The molecule has 0 bridgehead atoms. The molecule has 0 saturated heterocycles. The molecule has 4 aromatic carbocycles. The molecule has 8 nitrogen and oxygen atoms in total. The molecule has 0 aliphatic rings. The molecule has 268 valence electrons. The molecule has 0 unspecified atom stereocenters. The first-order valence-corrected chi connectivity index (χ1v) is 15.5. The van der Waals surface area contributed by atoms with Crippen LogP contribution in [-0.4, -0.2) is 22.3 Å². The second-order valence-corrected chi connectivity index (χ2v) is 12.2. The van der Waals surface area contributed by atoms with Crippen LogP contribution in [0.2, 0.25) is 10.0 Å². The number of benzene rings is 4. The van der Waals surface area contributed by atoms with Crippen molar-refractivity contribution in [3.05, 3.63) is 105 Å². The monoisotopic (exact) mass is 744 g/mol. The summed E-state index contributed by atoms with van der Waals surface area (Å²) in [4.78, 5) is 24.0. The van der Waals surface area contributed by atoms with Crippen molar-refractivity contribution < 1.29 is 46.1 Å². The van der Waals surface area contributed by atoms with Crippen LogP contribution in [0.25, 0.3) is 0 Å². The highest BCUT2D eigenvalue weighted by Crippen LogP contribution is 2.36. The number of urea groups is 2. The Kier molecular flexibility index (Phi) is 12.9. The third kappa shape index (κ3) is 11.1. The zero-order chi connectivity index (χ0) is 37.6. The molecule has 4 amide bonds. The highest BCUT2D eigenvalue weighted by atomic mass is 35.5. The highest BCUT2D eigenvalue weighted by Gasteiger charge is 2.32. The van der Waals surface area contributed by atoms with Crippen LogP contribution in [0.1, 0.15) is 61.8 Å². The average Bonchev–Trinajstić information content (AvgIpc) is 3.00. The molecule has 0 aromatic heterocycles. The van der Waals surface area contributed by atoms with Gasteiger partial charge in [0.15, 0.2) is 0 Å². The maximum absolute atomic E-state index is 12.7. The van der Waals surface area contributed by atoms with Crippen molar-refractivity contribution in [3.8, 4) is 11.5 Å². The largest absolute Gasteiger partial charge is 0.506 e. The number of carbonyl (C=O) groups excluding carboxylic acids is 2. The molecule has 16 heteroatoms. The summed E-state index contributed by atoms with van der Waals surface area (Å²) >= 11 is 11.6. The van der Waals surface area contributed by atoms with Gasteiger partial charge in [-0.2, -0.15) is 26.3 Å². The van der Waals surface area contributed by atoms with Crippen molar-refractivity contribution in [2.24, 2.45) is 0 Å². The molecule has 0 aliphatic heterocycles. The molecule has 0 fully saturated rings. The van der Waals surface area contributed by atoms with Crippen LogP contribution in [0.3, 0.4) is 0 Å². The van der Waals surface area contributed by atoms with Crippen molar-refractivity contribution >= 4 is 58.0 Å². The van der Waals surface area contributed by atoms with Crippen molar-refractivity contribution in [2.75, 3.05) is 21.3 Å². The van der Waals surface area contributed by atoms with Crippen LogP contribution >= 0.6 is 23.2 Å². The van der Waals surface area contributed by atoms with E-state index in [0.717, 1.165) is 47.5 Å². The molecule has 4 rings (SSSR count). The van der Waals surface area contributed by atoms with Crippen molar-refractivity contribution in [2.45, 2.75) is 51.9 Å². The number of phenols is 2. The first-order chi connectivity index (χ1) is 23.1. The van der Waals surface area contributed by atoms with Gasteiger partial charge in [0.2, 0.25) is 0 Å². The Bertz CT molecular complexity index is 1720. The standard InChI is InChI=1S/2C17H16ClF3N2O2/c2*1-9(2)10-3-6-13(15(24)7-10)22-16(25)23-14-8-11(17(19,20)21)4-5-12(14)18/h2*3-9,24H,1-2H3,(H2,22,23,25). The lowest BCUT2D eigenvalue weighted by Crippen LogP contribution is -2.20. The number of phenolic OH excluding ortho intramolecular Hbond substituents is 2. The van der Waals surface area contributed by atoms with Gasteiger partial charge in [0.25, 0.3) is 0 Å². The van der Waals surface area contributed by atoms with E-state index in [2.05, 4.69) is 21.3 Å². The molecule has 0 atom stereocenters. The van der Waals surface area contributed by atoms with Gasteiger partial charge in [-0.1, -0.05) is 63.0 Å². The number of carbonyl (C=O) groups is 2. The summed E-state index contributed by atoms with van der Waals surface area (Å²) in [5.41, 5.74) is -0.226. The van der Waals surface area contributed by atoms with E-state index in [1.165, 1.54) is 24.3 Å². The number of aromatic hydroxyl groups is 2. The van der Waals surface area contributed by atoms with Crippen LogP contribution in [-0.2, 0) is 12.4 Å². The fraction of sp³-hybridized carbons (Fsp3) is 0.235. The predicted molar refractivity (Wildman–Crippen MR) is 183 cm³/mol. The van der Waals surface area contributed by atoms with Gasteiger partial charge in [-0.3, -0.25) is 0 Å². The average molecular weight is 746 g/mol. The second-order valence-electron chi connectivity index (χ2n) is 11.4. The number of hydrogen-bond donors (Lipinski definition) is 6. The van der Waals surface area contributed by atoms with Crippen LogP contribution in [0.5, 0.6) is 11.5 Å². The van der Waals surface area contributed by atoms with E-state index < -0.39 is 35.5 Å². The van der Waals surface area contributed by atoms with Gasteiger partial charge in [0, 0.05) is 0 Å². The van der Waals surface area contributed by atoms with Crippen LogP contribution in [0.4, 0.5) is 58.7 Å². The quantitative estimate of drug-likeness (QED) is 0.0869. The van der Waals surface area contributed by atoms with Crippen molar-refractivity contribution in [3.63, 3.8) is 0 Å². The predicted octanol–water partition coefficient (Wildman–Crippen LogP) is 11.7. The lowest BCUT2D eigenvalue weighted by Gasteiger charge is -2.14. The number of rotatable bonds is 6. The Balaban J connectivity index is 0.000000270. The molecule has 0 aliphatic carbocycles. The smallest absolute Gasteiger partial charge is 0.416 e. The summed E-state index contributed by atoms with van der Waals surface area (Å²) in [6.45, 7) is 7.79. The minimum absolute atomic E-state index is 0.0393. The Morgan fingerprint density at radius 3 is 1.14 bits per heavy atom. The number of alkyl halides is 6. The maximum atomic E-state index is 12.7. The second kappa shape index (κ2) is 16.3. The topological polar surface area (TPSA) is 123 Å². The summed E-state index contributed by atoms with van der Waals surface area (Å²) in [6, 6.07) is 13.1. The zero-order valence-corrected chi connectivity index (χ0v) is 28.3. The lowest BCUT2D eigenvalue weighted by molar-refractivity contribution is -0.138.